The SMILES string of the molecule is CCOC(=O)c1nc(-c2ccc(C(F)(F)F)cc2)n(C)c1C. The molecule has 2 rings (SSSR count). The van der Waals surface area contributed by atoms with E-state index >= 15 is 0 Å². The normalized spacial score (nSPS) is 11.5. The zero-order valence-electron chi connectivity index (χ0n) is 12.4. The Morgan fingerprint density at radius 3 is 2.36 bits per heavy atom. The number of carbonyl (C=O) groups is 1. The maximum Gasteiger partial charge on any atom is 0.416 e. The Balaban J connectivity index is 2.41. The average molecular weight is 312 g/mol. The molecule has 0 saturated carbocycles. The zero-order valence-corrected chi connectivity index (χ0v) is 12.4. The molecule has 4 nitrogen and oxygen atoms in total. The van der Waals surface area contributed by atoms with E-state index in [-0.39, 0.29) is 12.3 Å². The van der Waals surface area contributed by atoms with Crippen LogP contribution in [0.4, 0.5) is 13.2 Å². The highest BCUT2D eigenvalue weighted by Gasteiger charge is 2.30. The second kappa shape index (κ2) is 5.82. The Morgan fingerprint density at radius 2 is 1.86 bits per heavy atom. The Bertz CT molecular complexity index is 688. The summed E-state index contributed by atoms with van der Waals surface area (Å²) in [5.41, 5.74) is 0.523. The van der Waals surface area contributed by atoms with Crippen LogP contribution in [0.15, 0.2) is 24.3 Å². The summed E-state index contributed by atoms with van der Waals surface area (Å²) < 4.78 is 44.3. The highest BCUT2D eigenvalue weighted by Crippen LogP contribution is 2.31. The average Bonchev–Trinajstić information content (AvgIpc) is 2.75. The minimum atomic E-state index is -4.38. The molecule has 0 bridgehead atoms. The van der Waals surface area contributed by atoms with Gasteiger partial charge in [0, 0.05) is 18.3 Å². The molecule has 1 heterocycles. The van der Waals surface area contributed by atoms with Crippen LogP contribution in [0.5, 0.6) is 0 Å². The van der Waals surface area contributed by atoms with Crippen molar-refractivity contribution < 1.29 is 22.7 Å². The number of hydrogen-bond acceptors (Lipinski definition) is 3. The molecule has 22 heavy (non-hydrogen) atoms. The summed E-state index contributed by atoms with van der Waals surface area (Å²) in [7, 11) is 1.69. The van der Waals surface area contributed by atoms with Gasteiger partial charge in [-0.25, -0.2) is 9.78 Å². The Hall–Kier alpha value is -2.31. The van der Waals surface area contributed by atoms with Gasteiger partial charge in [0.2, 0.25) is 0 Å². The molecule has 0 aliphatic rings. The number of hydrogen-bond donors (Lipinski definition) is 0. The third kappa shape index (κ3) is 2.98. The number of esters is 1. The van der Waals surface area contributed by atoms with Gasteiger partial charge in [-0.05, 0) is 26.0 Å². The van der Waals surface area contributed by atoms with Crippen LogP contribution >= 0.6 is 0 Å². The second-order valence-corrected chi connectivity index (χ2v) is 4.72. The molecular formula is C15H15F3N2O2. The Morgan fingerprint density at radius 1 is 1.27 bits per heavy atom. The van der Waals surface area contributed by atoms with Crippen LogP contribution in [-0.2, 0) is 18.0 Å². The van der Waals surface area contributed by atoms with Gasteiger partial charge in [-0.2, -0.15) is 13.2 Å². The first-order chi connectivity index (χ1) is 10.3. The van der Waals surface area contributed by atoms with E-state index in [1.807, 2.05) is 0 Å². The molecule has 0 spiro atoms. The van der Waals surface area contributed by atoms with Crippen molar-refractivity contribution in [1.29, 1.82) is 0 Å². The molecule has 0 fully saturated rings. The molecule has 7 heteroatoms. The van der Waals surface area contributed by atoms with E-state index < -0.39 is 17.7 Å². The lowest BCUT2D eigenvalue weighted by Gasteiger charge is -2.07. The standard InChI is InChI=1S/C15H15F3N2O2/c1-4-22-14(21)12-9(2)20(3)13(19-12)10-5-7-11(8-6-10)15(16,17)18/h5-8H,4H2,1-3H3. The summed E-state index contributed by atoms with van der Waals surface area (Å²) in [6, 6.07) is 4.64. The van der Waals surface area contributed by atoms with Crippen LogP contribution < -0.4 is 0 Å². The maximum atomic E-state index is 12.6. The van der Waals surface area contributed by atoms with Gasteiger partial charge in [-0.15, -0.1) is 0 Å². The lowest BCUT2D eigenvalue weighted by molar-refractivity contribution is -0.137. The van der Waals surface area contributed by atoms with Gasteiger partial charge in [-0.3, -0.25) is 0 Å². The molecule has 0 amide bonds. The molecule has 1 aromatic heterocycles. The van der Waals surface area contributed by atoms with Crippen molar-refractivity contribution in [3.8, 4) is 11.4 Å². The first kappa shape index (κ1) is 16.1. The number of aromatic nitrogens is 2. The lowest BCUT2D eigenvalue weighted by Crippen LogP contribution is -2.07. The quantitative estimate of drug-likeness (QED) is 0.814. The summed E-state index contributed by atoms with van der Waals surface area (Å²) in [5, 5.41) is 0. The summed E-state index contributed by atoms with van der Waals surface area (Å²) in [6.07, 6.45) is -4.38. The monoisotopic (exact) mass is 312 g/mol. The molecule has 0 unspecified atom stereocenters. The minimum Gasteiger partial charge on any atom is -0.461 e. The van der Waals surface area contributed by atoms with Crippen molar-refractivity contribution in [2.24, 2.45) is 7.05 Å². The van der Waals surface area contributed by atoms with Gasteiger partial charge in [0.25, 0.3) is 0 Å². The molecule has 0 atom stereocenters. The highest BCUT2D eigenvalue weighted by molar-refractivity contribution is 5.89. The highest BCUT2D eigenvalue weighted by atomic mass is 19.4. The van der Waals surface area contributed by atoms with E-state index in [4.69, 9.17) is 4.74 Å². The number of carbonyl (C=O) groups excluding carboxylic acids is 1. The minimum absolute atomic E-state index is 0.166. The summed E-state index contributed by atoms with van der Waals surface area (Å²) >= 11 is 0. The van der Waals surface area contributed by atoms with Crippen LogP contribution in [0.25, 0.3) is 11.4 Å². The van der Waals surface area contributed by atoms with Gasteiger partial charge < -0.3 is 9.30 Å². The van der Waals surface area contributed by atoms with Crippen molar-refractivity contribution >= 4 is 5.97 Å². The number of alkyl halides is 3. The van der Waals surface area contributed by atoms with Crippen LogP contribution in [0.1, 0.15) is 28.7 Å². The number of halogens is 3. The van der Waals surface area contributed by atoms with E-state index in [0.717, 1.165) is 12.1 Å². The van der Waals surface area contributed by atoms with Crippen molar-refractivity contribution in [1.82, 2.24) is 9.55 Å². The van der Waals surface area contributed by atoms with Crippen LogP contribution in [0, 0.1) is 6.92 Å². The van der Waals surface area contributed by atoms with Gasteiger partial charge in [0.1, 0.15) is 5.82 Å². The van der Waals surface area contributed by atoms with E-state index in [1.165, 1.54) is 12.1 Å². The fourth-order valence-corrected chi connectivity index (χ4v) is 2.04. The zero-order chi connectivity index (χ0) is 16.5. The van der Waals surface area contributed by atoms with Crippen molar-refractivity contribution in [3.05, 3.63) is 41.2 Å². The number of ether oxygens (including phenoxy) is 1. The van der Waals surface area contributed by atoms with Crippen LogP contribution in [0.2, 0.25) is 0 Å². The summed E-state index contributed by atoms with van der Waals surface area (Å²) in [5.74, 6) is -0.136. The fourth-order valence-electron chi connectivity index (χ4n) is 2.04. The van der Waals surface area contributed by atoms with Gasteiger partial charge >= 0.3 is 12.1 Å². The number of nitrogens with zero attached hydrogens (tertiary/aromatic N) is 2. The number of benzene rings is 1. The van der Waals surface area contributed by atoms with Crippen molar-refractivity contribution in [3.63, 3.8) is 0 Å². The number of imidazole rings is 1. The van der Waals surface area contributed by atoms with E-state index in [2.05, 4.69) is 4.98 Å². The second-order valence-electron chi connectivity index (χ2n) is 4.72. The van der Waals surface area contributed by atoms with Crippen LogP contribution in [0.3, 0.4) is 0 Å². The largest absolute Gasteiger partial charge is 0.461 e. The van der Waals surface area contributed by atoms with E-state index in [9.17, 15) is 18.0 Å². The fraction of sp³-hybridized carbons (Fsp3) is 0.333. The lowest BCUT2D eigenvalue weighted by atomic mass is 10.1. The first-order valence-corrected chi connectivity index (χ1v) is 6.63. The number of rotatable bonds is 3. The third-order valence-corrected chi connectivity index (χ3v) is 3.32. The molecule has 0 aliphatic heterocycles. The summed E-state index contributed by atoms with van der Waals surface area (Å²) in [4.78, 5) is 16.0. The Labute approximate surface area is 125 Å². The Kier molecular flexibility index (Phi) is 4.25. The van der Waals surface area contributed by atoms with E-state index in [0.29, 0.717) is 17.1 Å². The molecule has 0 saturated heterocycles. The van der Waals surface area contributed by atoms with Gasteiger partial charge in [0.05, 0.1) is 12.2 Å². The third-order valence-electron chi connectivity index (χ3n) is 3.32. The molecule has 118 valence electrons. The molecule has 1 aromatic carbocycles. The molecule has 0 N–H and O–H groups in total. The smallest absolute Gasteiger partial charge is 0.416 e. The molecule has 2 aromatic rings. The topological polar surface area (TPSA) is 44.1 Å². The van der Waals surface area contributed by atoms with Gasteiger partial charge in [0.15, 0.2) is 5.69 Å². The molecular weight excluding hydrogens is 297 g/mol. The van der Waals surface area contributed by atoms with Crippen LogP contribution in [-0.4, -0.2) is 22.1 Å². The summed E-state index contributed by atoms with van der Waals surface area (Å²) in [6.45, 7) is 3.62. The predicted octanol–water partition coefficient (Wildman–Crippen LogP) is 3.59. The van der Waals surface area contributed by atoms with E-state index in [1.54, 1.807) is 25.5 Å². The van der Waals surface area contributed by atoms with Crippen molar-refractivity contribution in [2.75, 3.05) is 6.61 Å². The first-order valence-electron chi connectivity index (χ1n) is 6.63. The molecule has 0 aliphatic carbocycles. The maximum absolute atomic E-state index is 12.6. The molecule has 0 radical (unpaired) electrons. The van der Waals surface area contributed by atoms with Crippen molar-refractivity contribution in [2.45, 2.75) is 20.0 Å². The predicted molar refractivity (Wildman–Crippen MR) is 74.3 cm³/mol. The van der Waals surface area contributed by atoms with Gasteiger partial charge in [-0.1, -0.05) is 12.1 Å².